The fourth-order valence-corrected chi connectivity index (χ4v) is 4.46. The zero-order valence-electron chi connectivity index (χ0n) is 14.8. The first kappa shape index (κ1) is 17.2. The SMILES string of the molecule is Cc1ccc2c(c1)-c1c(c(C(=O)Nc3cc(Cl)ccc3C)nn1C)CS2. The Bertz CT molecular complexity index is 1040. The number of amides is 1. The van der Waals surface area contributed by atoms with Gasteiger partial charge in [-0.25, -0.2) is 0 Å². The third-order valence-electron chi connectivity index (χ3n) is 4.57. The first-order valence-corrected chi connectivity index (χ1v) is 9.67. The van der Waals surface area contributed by atoms with Crippen molar-refractivity contribution in [2.75, 3.05) is 5.32 Å². The van der Waals surface area contributed by atoms with Crippen molar-refractivity contribution in [1.82, 2.24) is 9.78 Å². The molecule has 0 fully saturated rings. The van der Waals surface area contributed by atoms with Gasteiger partial charge in [0, 0.05) is 39.5 Å². The van der Waals surface area contributed by atoms with Crippen LogP contribution >= 0.6 is 23.4 Å². The van der Waals surface area contributed by atoms with Gasteiger partial charge in [0.25, 0.3) is 5.91 Å². The molecule has 0 saturated heterocycles. The largest absolute Gasteiger partial charge is 0.320 e. The molecule has 1 N–H and O–H groups in total. The molecule has 0 aliphatic carbocycles. The van der Waals surface area contributed by atoms with Crippen LogP contribution in [0.5, 0.6) is 0 Å². The molecule has 1 aliphatic heterocycles. The number of carbonyl (C=O) groups is 1. The standard InChI is InChI=1S/C20H18ClN3OS/c1-11-4-7-17-14(8-11)19-15(10-26-17)18(23-24(19)3)20(25)22-16-9-13(21)6-5-12(16)2/h4-9H,10H2,1-3H3,(H,22,25). The molecule has 0 bridgehead atoms. The van der Waals surface area contributed by atoms with E-state index < -0.39 is 0 Å². The minimum absolute atomic E-state index is 0.205. The summed E-state index contributed by atoms with van der Waals surface area (Å²) in [7, 11) is 1.89. The van der Waals surface area contributed by atoms with Gasteiger partial charge in [-0.3, -0.25) is 9.48 Å². The van der Waals surface area contributed by atoms with Crippen LogP contribution in [0.4, 0.5) is 5.69 Å². The van der Waals surface area contributed by atoms with Gasteiger partial charge in [0.05, 0.1) is 5.69 Å². The van der Waals surface area contributed by atoms with Gasteiger partial charge in [0.15, 0.2) is 5.69 Å². The summed E-state index contributed by atoms with van der Waals surface area (Å²) < 4.78 is 1.81. The first-order chi connectivity index (χ1) is 12.4. The van der Waals surface area contributed by atoms with Crippen LogP contribution in [-0.4, -0.2) is 15.7 Å². The molecule has 132 valence electrons. The molecule has 3 aromatic rings. The van der Waals surface area contributed by atoms with E-state index >= 15 is 0 Å². The van der Waals surface area contributed by atoms with E-state index in [2.05, 4.69) is 35.5 Å². The molecule has 4 nitrogen and oxygen atoms in total. The lowest BCUT2D eigenvalue weighted by atomic mass is 10.0. The number of hydrogen-bond acceptors (Lipinski definition) is 3. The number of halogens is 1. The maximum absolute atomic E-state index is 12.9. The van der Waals surface area contributed by atoms with Crippen molar-refractivity contribution in [2.24, 2.45) is 7.05 Å². The number of aryl methyl sites for hydroxylation is 3. The normalized spacial score (nSPS) is 12.5. The fourth-order valence-electron chi connectivity index (χ4n) is 3.24. The van der Waals surface area contributed by atoms with Gasteiger partial charge in [0.1, 0.15) is 0 Å². The van der Waals surface area contributed by atoms with Crippen molar-refractivity contribution < 1.29 is 4.79 Å². The highest BCUT2D eigenvalue weighted by atomic mass is 35.5. The third-order valence-corrected chi connectivity index (χ3v) is 5.91. The van der Waals surface area contributed by atoms with Crippen LogP contribution in [0.3, 0.4) is 0 Å². The summed E-state index contributed by atoms with van der Waals surface area (Å²) in [4.78, 5) is 14.1. The highest BCUT2D eigenvalue weighted by molar-refractivity contribution is 7.98. The van der Waals surface area contributed by atoms with Crippen LogP contribution in [0.15, 0.2) is 41.3 Å². The highest BCUT2D eigenvalue weighted by Gasteiger charge is 2.28. The minimum Gasteiger partial charge on any atom is -0.320 e. The van der Waals surface area contributed by atoms with Gasteiger partial charge in [-0.2, -0.15) is 5.10 Å². The Kier molecular flexibility index (Phi) is 4.29. The Morgan fingerprint density at radius 3 is 2.85 bits per heavy atom. The van der Waals surface area contributed by atoms with Crippen molar-refractivity contribution >= 4 is 35.0 Å². The number of rotatable bonds is 2. The summed E-state index contributed by atoms with van der Waals surface area (Å²) in [6.45, 7) is 4.01. The first-order valence-electron chi connectivity index (χ1n) is 8.31. The second-order valence-corrected chi connectivity index (χ2v) is 7.95. The van der Waals surface area contributed by atoms with Gasteiger partial charge in [-0.1, -0.05) is 29.3 Å². The number of fused-ring (bicyclic) bond motifs is 3. The lowest BCUT2D eigenvalue weighted by Gasteiger charge is -2.18. The van der Waals surface area contributed by atoms with E-state index in [1.165, 1.54) is 10.5 Å². The van der Waals surface area contributed by atoms with E-state index in [-0.39, 0.29) is 5.91 Å². The van der Waals surface area contributed by atoms with Gasteiger partial charge < -0.3 is 5.32 Å². The number of hydrogen-bond donors (Lipinski definition) is 1. The van der Waals surface area contributed by atoms with Crippen molar-refractivity contribution in [3.8, 4) is 11.3 Å². The molecule has 2 aromatic carbocycles. The Labute approximate surface area is 161 Å². The maximum Gasteiger partial charge on any atom is 0.276 e. The number of nitrogens with zero attached hydrogens (tertiary/aromatic N) is 2. The molecule has 6 heteroatoms. The molecule has 2 heterocycles. The Morgan fingerprint density at radius 1 is 1.23 bits per heavy atom. The number of nitrogens with one attached hydrogen (secondary N) is 1. The summed E-state index contributed by atoms with van der Waals surface area (Å²) >= 11 is 7.80. The van der Waals surface area contributed by atoms with E-state index in [0.29, 0.717) is 16.4 Å². The van der Waals surface area contributed by atoms with Crippen LogP contribution < -0.4 is 5.32 Å². The fraction of sp³-hybridized carbons (Fsp3) is 0.200. The molecule has 1 aromatic heterocycles. The minimum atomic E-state index is -0.205. The van der Waals surface area contributed by atoms with E-state index in [4.69, 9.17) is 11.6 Å². The Hall–Kier alpha value is -2.24. The van der Waals surface area contributed by atoms with Crippen LogP contribution in [0.1, 0.15) is 27.2 Å². The molecule has 0 saturated carbocycles. The summed E-state index contributed by atoms with van der Waals surface area (Å²) in [6.07, 6.45) is 0. The van der Waals surface area contributed by atoms with Crippen LogP contribution in [0, 0.1) is 13.8 Å². The number of thioether (sulfide) groups is 1. The second-order valence-electron chi connectivity index (χ2n) is 6.50. The van der Waals surface area contributed by atoms with Crippen molar-refractivity contribution in [3.05, 3.63) is 63.8 Å². The second kappa shape index (κ2) is 6.49. The smallest absolute Gasteiger partial charge is 0.276 e. The lowest BCUT2D eigenvalue weighted by molar-refractivity contribution is 0.102. The molecule has 0 radical (unpaired) electrons. The van der Waals surface area contributed by atoms with Crippen LogP contribution in [-0.2, 0) is 12.8 Å². The van der Waals surface area contributed by atoms with Crippen molar-refractivity contribution in [3.63, 3.8) is 0 Å². The monoisotopic (exact) mass is 383 g/mol. The number of aromatic nitrogens is 2. The van der Waals surface area contributed by atoms with Gasteiger partial charge >= 0.3 is 0 Å². The summed E-state index contributed by atoms with van der Waals surface area (Å²) in [6, 6.07) is 11.9. The lowest BCUT2D eigenvalue weighted by Crippen LogP contribution is -2.15. The third kappa shape index (κ3) is 2.91. The Morgan fingerprint density at radius 2 is 2.04 bits per heavy atom. The highest BCUT2D eigenvalue weighted by Crippen LogP contribution is 2.43. The van der Waals surface area contributed by atoms with E-state index in [1.54, 1.807) is 17.8 Å². The number of carbonyl (C=O) groups excluding carboxylic acids is 1. The molecule has 1 amide bonds. The molecule has 4 rings (SSSR count). The quantitative estimate of drug-likeness (QED) is 0.660. The number of anilines is 1. The predicted molar refractivity (Wildman–Crippen MR) is 107 cm³/mol. The molecule has 1 aliphatic rings. The average Bonchev–Trinajstić information content (AvgIpc) is 2.95. The number of benzene rings is 2. The topological polar surface area (TPSA) is 46.9 Å². The van der Waals surface area contributed by atoms with Crippen LogP contribution in [0.2, 0.25) is 5.02 Å². The molecular formula is C20H18ClN3OS. The zero-order chi connectivity index (χ0) is 18.4. The maximum atomic E-state index is 12.9. The van der Waals surface area contributed by atoms with E-state index in [1.807, 2.05) is 30.8 Å². The van der Waals surface area contributed by atoms with Crippen molar-refractivity contribution in [1.29, 1.82) is 0 Å². The van der Waals surface area contributed by atoms with E-state index in [9.17, 15) is 4.79 Å². The van der Waals surface area contributed by atoms with Crippen LogP contribution in [0.25, 0.3) is 11.3 Å². The molecule has 0 atom stereocenters. The van der Waals surface area contributed by atoms with Gasteiger partial charge in [0.2, 0.25) is 0 Å². The molecule has 26 heavy (non-hydrogen) atoms. The molecule has 0 spiro atoms. The summed E-state index contributed by atoms with van der Waals surface area (Å²) in [5.41, 5.74) is 6.48. The molecular weight excluding hydrogens is 366 g/mol. The summed E-state index contributed by atoms with van der Waals surface area (Å²) in [5.74, 6) is 0.528. The van der Waals surface area contributed by atoms with E-state index in [0.717, 1.165) is 28.1 Å². The molecule has 0 unspecified atom stereocenters. The Balaban J connectivity index is 1.75. The zero-order valence-corrected chi connectivity index (χ0v) is 16.3. The summed E-state index contributed by atoms with van der Waals surface area (Å²) in [5, 5.41) is 8.08. The van der Waals surface area contributed by atoms with Gasteiger partial charge in [-0.05, 0) is 43.7 Å². The average molecular weight is 384 g/mol. The van der Waals surface area contributed by atoms with Gasteiger partial charge in [-0.15, -0.1) is 11.8 Å². The van der Waals surface area contributed by atoms with Crippen molar-refractivity contribution in [2.45, 2.75) is 24.5 Å². The predicted octanol–water partition coefficient (Wildman–Crippen LogP) is 5.22.